The quantitative estimate of drug-likeness (QED) is 0.356. The third kappa shape index (κ3) is 4.55. The van der Waals surface area contributed by atoms with Gasteiger partial charge < -0.3 is 14.7 Å². The molecule has 0 saturated carbocycles. The summed E-state index contributed by atoms with van der Waals surface area (Å²) in [5.41, 5.74) is 0.555. The molecule has 1 heterocycles. The zero-order chi connectivity index (χ0) is 25.3. The van der Waals surface area contributed by atoms with E-state index in [1.54, 1.807) is 6.92 Å². The standard InChI is InChI=1S/C32H33NO3/c1-31(2)33(29(22-36-31)25-15-8-5-9-16-25)30(34)28(20-23-12-6-4-7-13-23)32(3,35)27-19-18-24-14-10-11-17-26(24)21-27/h4-19,21,28-29,35H,20,22H2,1-3H3/t28-,29-,32-/m0/s1. The lowest BCUT2D eigenvalue weighted by Crippen LogP contribution is -2.52. The van der Waals surface area contributed by atoms with Crippen LogP contribution in [0.2, 0.25) is 0 Å². The zero-order valence-electron chi connectivity index (χ0n) is 21.1. The number of carbonyl (C=O) groups is 1. The number of rotatable bonds is 6. The summed E-state index contributed by atoms with van der Waals surface area (Å²) in [5.74, 6) is -0.832. The van der Waals surface area contributed by atoms with Crippen molar-refractivity contribution in [3.8, 4) is 0 Å². The molecule has 36 heavy (non-hydrogen) atoms. The lowest BCUT2D eigenvalue weighted by Gasteiger charge is -2.41. The molecule has 1 fully saturated rings. The first-order chi connectivity index (χ1) is 17.3. The van der Waals surface area contributed by atoms with E-state index >= 15 is 0 Å². The van der Waals surface area contributed by atoms with E-state index in [9.17, 15) is 9.90 Å². The minimum absolute atomic E-state index is 0.117. The minimum Gasteiger partial charge on any atom is -0.385 e. The van der Waals surface area contributed by atoms with Crippen molar-refractivity contribution in [3.63, 3.8) is 0 Å². The van der Waals surface area contributed by atoms with Gasteiger partial charge in [-0.3, -0.25) is 4.79 Å². The molecule has 1 N–H and O–H groups in total. The van der Waals surface area contributed by atoms with Crippen molar-refractivity contribution in [2.45, 2.75) is 44.6 Å². The van der Waals surface area contributed by atoms with E-state index < -0.39 is 17.2 Å². The van der Waals surface area contributed by atoms with Gasteiger partial charge in [0, 0.05) is 0 Å². The maximum absolute atomic E-state index is 14.5. The number of hydrogen-bond acceptors (Lipinski definition) is 3. The molecule has 0 aromatic heterocycles. The van der Waals surface area contributed by atoms with E-state index in [-0.39, 0.29) is 11.9 Å². The molecule has 5 rings (SSSR count). The summed E-state index contributed by atoms with van der Waals surface area (Å²) in [6.07, 6.45) is 0.410. The number of nitrogens with zero attached hydrogens (tertiary/aromatic N) is 1. The summed E-state index contributed by atoms with van der Waals surface area (Å²) in [7, 11) is 0. The zero-order valence-corrected chi connectivity index (χ0v) is 21.1. The third-order valence-electron chi connectivity index (χ3n) is 7.50. The van der Waals surface area contributed by atoms with Crippen molar-refractivity contribution < 1.29 is 14.6 Å². The second kappa shape index (κ2) is 9.53. The molecule has 1 aliphatic heterocycles. The molecule has 1 amide bonds. The highest BCUT2D eigenvalue weighted by Crippen LogP contribution is 2.42. The van der Waals surface area contributed by atoms with Crippen molar-refractivity contribution in [1.29, 1.82) is 0 Å². The summed E-state index contributed by atoms with van der Waals surface area (Å²) in [6.45, 7) is 6.04. The van der Waals surface area contributed by atoms with Crippen LogP contribution in [0.25, 0.3) is 10.8 Å². The van der Waals surface area contributed by atoms with Crippen LogP contribution in [0.4, 0.5) is 0 Å². The molecule has 0 radical (unpaired) electrons. The Morgan fingerprint density at radius 1 is 0.944 bits per heavy atom. The molecule has 1 aliphatic rings. The van der Waals surface area contributed by atoms with Gasteiger partial charge >= 0.3 is 0 Å². The highest BCUT2D eigenvalue weighted by Gasteiger charge is 2.50. The monoisotopic (exact) mass is 479 g/mol. The molecule has 4 heteroatoms. The third-order valence-corrected chi connectivity index (χ3v) is 7.50. The van der Waals surface area contributed by atoms with Gasteiger partial charge in [-0.25, -0.2) is 0 Å². The predicted molar refractivity (Wildman–Crippen MR) is 143 cm³/mol. The molecule has 3 atom stereocenters. The number of ether oxygens (including phenoxy) is 1. The number of aliphatic hydroxyl groups is 1. The molecule has 4 nitrogen and oxygen atoms in total. The molecule has 0 spiro atoms. The fourth-order valence-electron chi connectivity index (χ4n) is 5.39. The maximum atomic E-state index is 14.5. The van der Waals surface area contributed by atoms with Crippen molar-refractivity contribution in [3.05, 3.63) is 120 Å². The molecule has 1 saturated heterocycles. The van der Waals surface area contributed by atoms with E-state index in [1.165, 1.54) is 0 Å². The number of hydrogen-bond donors (Lipinski definition) is 1. The van der Waals surface area contributed by atoms with Crippen LogP contribution in [0, 0.1) is 5.92 Å². The van der Waals surface area contributed by atoms with Gasteiger partial charge in [0.25, 0.3) is 0 Å². The summed E-state index contributed by atoms with van der Waals surface area (Å²) in [4.78, 5) is 16.4. The van der Waals surface area contributed by atoms with Crippen LogP contribution in [0.15, 0.2) is 103 Å². The Kier molecular flexibility index (Phi) is 6.42. The number of carbonyl (C=O) groups excluding carboxylic acids is 1. The molecule has 4 aromatic rings. The first-order valence-electron chi connectivity index (χ1n) is 12.5. The van der Waals surface area contributed by atoms with Gasteiger partial charge in [-0.2, -0.15) is 0 Å². The Balaban J connectivity index is 1.59. The van der Waals surface area contributed by atoms with Crippen LogP contribution in [0.5, 0.6) is 0 Å². The van der Waals surface area contributed by atoms with Gasteiger partial charge in [0.05, 0.1) is 24.2 Å². The lowest BCUT2D eigenvalue weighted by atomic mass is 9.77. The minimum atomic E-state index is -1.41. The van der Waals surface area contributed by atoms with Gasteiger partial charge in [-0.05, 0) is 60.7 Å². The molecule has 4 aromatic carbocycles. The van der Waals surface area contributed by atoms with Crippen LogP contribution in [0.3, 0.4) is 0 Å². The Morgan fingerprint density at radius 2 is 1.56 bits per heavy atom. The fourth-order valence-corrected chi connectivity index (χ4v) is 5.39. The number of fused-ring (bicyclic) bond motifs is 1. The van der Waals surface area contributed by atoms with Crippen LogP contribution >= 0.6 is 0 Å². The van der Waals surface area contributed by atoms with E-state index in [2.05, 4.69) is 6.07 Å². The second-order valence-electron chi connectivity index (χ2n) is 10.3. The predicted octanol–water partition coefficient (Wildman–Crippen LogP) is 6.24. The van der Waals surface area contributed by atoms with Gasteiger partial charge in [0.2, 0.25) is 5.91 Å². The van der Waals surface area contributed by atoms with E-state index in [1.807, 2.05) is 116 Å². The maximum Gasteiger partial charge on any atom is 0.232 e. The van der Waals surface area contributed by atoms with Crippen LogP contribution in [0.1, 0.15) is 43.5 Å². The summed E-state index contributed by atoms with van der Waals surface area (Å²) in [5, 5.41) is 14.3. The Morgan fingerprint density at radius 3 is 2.25 bits per heavy atom. The van der Waals surface area contributed by atoms with Crippen LogP contribution in [-0.4, -0.2) is 28.2 Å². The molecular weight excluding hydrogens is 446 g/mol. The molecule has 184 valence electrons. The first-order valence-corrected chi connectivity index (χ1v) is 12.5. The molecular formula is C32H33NO3. The fraction of sp³-hybridized carbons (Fsp3) is 0.281. The van der Waals surface area contributed by atoms with Crippen molar-refractivity contribution in [1.82, 2.24) is 4.90 Å². The van der Waals surface area contributed by atoms with Crippen molar-refractivity contribution in [2.75, 3.05) is 6.61 Å². The molecule has 0 unspecified atom stereocenters. The molecule has 0 aliphatic carbocycles. The van der Waals surface area contributed by atoms with Crippen LogP contribution in [-0.2, 0) is 21.6 Å². The first kappa shape index (κ1) is 24.2. The average Bonchev–Trinajstić information content (AvgIpc) is 3.22. The van der Waals surface area contributed by atoms with Crippen molar-refractivity contribution in [2.24, 2.45) is 5.92 Å². The lowest BCUT2D eigenvalue weighted by molar-refractivity contribution is -0.160. The Bertz CT molecular complexity index is 1350. The van der Waals surface area contributed by atoms with E-state index in [0.29, 0.717) is 13.0 Å². The summed E-state index contributed by atoms with van der Waals surface area (Å²) >= 11 is 0. The Labute approximate surface area is 213 Å². The smallest absolute Gasteiger partial charge is 0.232 e. The summed E-state index contributed by atoms with van der Waals surface area (Å²) in [6, 6.07) is 33.7. The summed E-state index contributed by atoms with van der Waals surface area (Å²) < 4.78 is 6.14. The Hall–Kier alpha value is -3.47. The normalized spacial score (nSPS) is 19.7. The van der Waals surface area contributed by atoms with Gasteiger partial charge in [-0.15, -0.1) is 0 Å². The SMILES string of the molecule is CC1(C)OC[C@@H](c2ccccc2)N1C(=O)[C@H](Cc1ccccc1)[C@@](C)(O)c1ccc2ccccc2c1. The molecule has 0 bridgehead atoms. The van der Waals surface area contributed by atoms with Crippen molar-refractivity contribution >= 4 is 16.7 Å². The van der Waals surface area contributed by atoms with Crippen LogP contribution < -0.4 is 0 Å². The average molecular weight is 480 g/mol. The van der Waals surface area contributed by atoms with E-state index in [0.717, 1.165) is 27.5 Å². The van der Waals surface area contributed by atoms with Gasteiger partial charge in [0.15, 0.2) is 0 Å². The highest BCUT2D eigenvalue weighted by molar-refractivity contribution is 5.85. The topological polar surface area (TPSA) is 49.8 Å². The second-order valence-corrected chi connectivity index (χ2v) is 10.3. The highest BCUT2D eigenvalue weighted by atomic mass is 16.5. The van der Waals surface area contributed by atoms with Gasteiger partial charge in [-0.1, -0.05) is 97.1 Å². The van der Waals surface area contributed by atoms with E-state index in [4.69, 9.17) is 4.74 Å². The number of amides is 1. The largest absolute Gasteiger partial charge is 0.385 e. The van der Waals surface area contributed by atoms with Gasteiger partial charge in [0.1, 0.15) is 5.72 Å². The number of benzene rings is 4.